The van der Waals surface area contributed by atoms with E-state index >= 15 is 0 Å². The average Bonchev–Trinajstić information content (AvgIpc) is 2.81. The Bertz CT molecular complexity index is 1260. The smallest absolute Gasteiger partial charge is 0.360 e. The van der Waals surface area contributed by atoms with E-state index in [9.17, 15) is 9.59 Å². The van der Waals surface area contributed by atoms with Gasteiger partial charge in [0.1, 0.15) is 22.8 Å². The minimum atomic E-state index is -0.658. The minimum absolute atomic E-state index is 0.00689. The average molecular weight is 468 g/mol. The summed E-state index contributed by atoms with van der Waals surface area (Å²) in [6, 6.07) is 12.0. The van der Waals surface area contributed by atoms with E-state index in [0.29, 0.717) is 40.0 Å². The number of aryl methyl sites for hydroxylation is 1. The number of carbonyl (C=O) groups excluding carboxylic acids is 1. The van der Waals surface area contributed by atoms with Gasteiger partial charge >= 0.3 is 5.63 Å². The second-order valence-corrected chi connectivity index (χ2v) is 8.78. The lowest BCUT2D eigenvalue weighted by Crippen LogP contribution is -2.49. The Hall–Kier alpha value is -3.36. The number of amides is 1. The molecule has 0 spiro atoms. The first-order valence-corrected chi connectivity index (χ1v) is 11.1. The fourth-order valence-corrected chi connectivity index (χ4v) is 4.28. The second kappa shape index (κ2) is 9.48. The Kier molecular flexibility index (Phi) is 6.63. The number of carbonyl (C=O) groups is 1. The van der Waals surface area contributed by atoms with E-state index in [4.69, 9.17) is 23.4 Å². The van der Waals surface area contributed by atoms with Crippen molar-refractivity contribution in [2.45, 2.75) is 51.6 Å². The highest BCUT2D eigenvalue weighted by atomic mass is 16.7. The summed E-state index contributed by atoms with van der Waals surface area (Å²) in [7, 11) is 3.16. The van der Waals surface area contributed by atoms with Crippen molar-refractivity contribution in [3.8, 4) is 11.5 Å². The third kappa shape index (κ3) is 4.64. The van der Waals surface area contributed by atoms with Crippen molar-refractivity contribution in [1.82, 2.24) is 0 Å². The highest BCUT2D eigenvalue weighted by Gasteiger charge is 2.39. The molecule has 1 N–H and O–H groups in total. The number of benzene rings is 2. The van der Waals surface area contributed by atoms with Crippen LogP contribution in [-0.4, -0.2) is 38.1 Å². The van der Waals surface area contributed by atoms with Crippen LogP contribution in [0.2, 0.25) is 0 Å². The number of methoxy groups -OCH3 is 2. The molecule has 1 aliphatic rings. The summed E-state index contributed by atoms with van der Waals surface area (Å²) >= 11 is 0. The molecule has 1 aliphatic heterocycles. The number of ether oxygens (including phenoxy) is 4. The van der Waals surface area contributed by atoms with Gasteiger partial charge in [0, 0.05) is 24.5 Å². The predicted molar refractivity (Wildman–Crippen MR) is 128 cm³/mol. The molecule has 3 aromatic rings. The summed E-state index contributed by atoms with van der Waals surface area (Å²) in [4.78, 5) is 25.4. The zero-order valence-electron chi connectivity index (χ0n) is 20.0. The molecule has 1 amide bonds. The van der Waals surface area contributed by atoms with Crippen molar-refractivity contribution < 1.29 is 28.2 Å². The first kappa shape index (κ1) is 23.8. The molecule has 2 unspecified atom stereocenters. The maximum absolute atomic E-state index is 12.7. The van der Waals surface area contributed by atoms with Crippen molar-refractivity contribution in [3.63, 3.8) is 0 Å². The molecule has 2 aromatic carbocycles. The Labute approximate surface area is 197 Å². The van der Waals surface area contributed by atoms with Gasteiger partial charge in [-0.1, -0.05) is 12.1 Å². The molecule has 0 bridgehead atoms. The zero-order chi connectivity index (χ0) is 24.5. The number of hydrogen-bond donors (Lipinski definition) is 1. The molecule has 0 saturated carbocycles. The number of para-hydroxylation sites is 1. The molecule has 1 fully saturated rings. The minimum Gasteiger partial charge on any atom is -0.496 e. The van der Waals surface area contributed by atoms with Crippen LogP contribution >= 0.6 is 0 Å². The number of rotatable bonds is 6. The number of anilines is 1. The first-order chi connectivity index (χ1) is 16.2. The summed E-state index contributed by atoms with van der Waals surface area (Å²) in [5.41, 5.74) is 0.280. The van der Waals surface area contributed by atoms with Crippen molar-refractivity contribution in [3.05, 3.63) is 64.0 Å². The molecule has 1 saturated heterocycles. The van der Waals surface area contributed by atoms with Crippen molar-refractivity contribution in [1.29, 1.82) is 0 Å². The second-order valence-electron chi connectivity index (χ2n) is 8.78. The maximum Gasteiger partial charge on any atom is 0.360 e. The molecular formula is C26H29NO7. The monoisotopic (exact) mass is 467 g/mol. The van der Waals surface area contributed by atoms with Crippen LogP contribution in [0.25, 0.3) is 11.0 Å². The fourth-order valence-electron chi connectivity index (χ4n) is 4.28. The molecule has 8 heteroatoms. The topological polar surface area (TPSA) is 96.2 Å². The molecule has 0 aliphatic carbocycles. The van der Waals surface area contributed by atoms with Crippen LogP contribution in [-0.2, 0) is 9.47 Å². The van der Waals surface area contributed by atoms with Gasteiger partial charge in [0.15, 0.2) is 0 Å². The third-order valence-electron chi connectivity index (χ3n) is 6.12. The summed E-state index contributed by atoms with van der Waals surface area (Å²) in [5, 5.41) is 3.28. The lowest BCUT2D eigenvalue weighted by Gasteiger charge is -2.41. The summed E-state index contributed by atoms with van der Waals surface area (Å²) < 4.78 is 28.5. The molecule has 180 valence electrons. The summed E-state index contributed by atoms with van der Waals surface area (Å²) in [6.45, 7) is 5.77. The zero-order valence-corrected chi connectivity index (χ0v) is 20.0. The van der Waals surface area contributed by atoms with Crippen molar-refractivity contribution in [2.24, 2.45) is 0 Å². The molecule has 1 aromatic heterocycles. The van der Waals surface area contributed by atoms with Gasteiger partial charge in [0.05, 0.1) is 24.4 Å². The van der Waals surface area contributed by atoms with Crippen LogP contribution in [0.15, 0.2) is 51.7 Å². The van der Waals surface area contributed by atoms with Gasteiger partial charge in [-0.2, -0.15) is 0 Å². The highest BCUT2D eigenvalue weighted by molar-refractivity contribution is 6.06. The van der Waals surface area contributed by atoms with Gasteiger partial charge < -0.3 is 28.7 Å². The van der Waals surface area contributed by atoms with Gasteiger partial charge in [0.25, 0.3) is 5.91 Å². The molecule has 8 nitrogen and oxygen atoms in total. The highest BCUT2D eigenvalue weighted by Crippen LogP contribution is 2.34. The quantitative estimate of drug-likeness (QED) is 0.526. The van der Waals surface area contributed by atoms with Crippen LogP contribution in [0, 0.1) is 6.92 Å². The Morgan fingerprint density at radius 3 is 2.56 bits per heavy atom. The van der Waals surface area contributed by atoms with Gasteiger partial charge in [-0.25, -0.2) is 4.79 Å². The Morgan fingerprint density at radius 1 is 1.09 bits per heavy atom. The van der Waals surface area contributed by atoms with E-state index in [1.165, 1.54) is 7.11 Å². The van der Waals surface area contributed by atoms with E-state index in [0.717, 1.165) is 6.42 Å². The van der Waals surface area contributed by atoms with Crippen LogP contribution in [0.1, 0.15) is 42.6 Å². The van der Waals surface area contributed by atoms with Crippen LogP contribution < -0.4 is 20.4 Å². The standard InChI is InChI=1S/C26H29NO7/c1-15-19(32-22-13-12-21(31-5)26(2,3)34-22)11-10-16-14-18(25(29)33-23(15)16)27-24(28)17-8-6-7-9-20(17)30-4/h6-11,14,21-22H,12-13H2,1-5H3,(H,27,28). The van der Waals surface area contributed by atoms with Crippen LogP contribution in [0.5, 0.6) is 11.5 Å². The van der Waals surface area contributed by atoms with Crippen molar-refractivity contribution in [2.75, 3.05) is 19.5 Å². The largest absolute Gasteiger partial charge is 0.496 e. The van der Waals surface area contributed by atoms with Crippen molar-refractivity contribution >= 4 is 22.6 Å². The van der Waals surface area contributed by atoms with Crippen LogP contribution in [0.4, 0.5) is 5.69 Å². The van der Waals surface area contributed by atoms with E-state index in [1.54, 1.807) is 43.5 Å². The fraction of sp³-hybridized carbons (Fsp3) is 0.385. The molecule has 4 rings (SSSR count). The molecular weight excluding hydrogens is 438 g/mol. The SMILES string of the molecule is COc1ccccc1C(=O)Nc1cc2ccc(OC3CCC(OC)C(C)(C)O3)c(C)c2oc1=O. The Balaban J connectivity index is 1.57. The van der Waals surface area contributed by atoms with E-state index in [-0.39, 0.29) is 11.8 Å². The van der Waals surface area contributed by atoms with Gasteiger partial charge in [-0.15, -0.1) is 0 Å². The lowest BCUT2D eigenvalue weighted by atomic mass is 9.94. The normalized spacial score (nSPS) is 19.6. The summed E-state index contributed by atoms with van der Waals surface area (Å²) in [6.07, 6.45) is 1.04. The summed E-state index contributed by atoms with van der Waals surface area (Å²) in [5.74, 6) is 0.512. The maximum atomic E-state index is 12.7. The number of hydrogen-bond acceptors (Lipinski definition) is 7. The lowest BCUT2D eigenvalue weighted by molar-refractivity contribution is -0.233. The van der Waals surface area contributed by atoms with Gasteiger partial charge in [-0.3, -0.25) is 4.79 Å². The third-order valence-corrected chi connectivity index (χ3v) is 6.12. The van der Waals surface area contributed by atoms with Gasteiger partial charge in [0.2, 0.25) is 6.29 Å². The molecule has 0 radical (unpaired) electrons. The molecule has 34 heavy (non-hydrogen) atoms. The van der Waals surface area contributed by atoms with Gasteiger partial charge in [-0.05, 0) is 57.5 Å². The number of fused-ring (bicyclic) bond motifs is 1. The van der Waals surface area contributed by atoms with E-state index in [2.05, 4.69) is 5.32 Å². The van der Waals surface area contributed by atoms with Crippen LogP contribution in [0.3, 0.4) is 0 Å². The number of nitrogens with one attached hydrogen (secondary N) is 1. The predicted octanol–water partition coefficient (Wildman–Crippen LogP) is 4.67. The Morgan fingerprint density at radius 2 is 1.85 bits per heavy atom. The van der Waals surface area contributed by atoms with E-state index < -0.39 is 23.4 Å². The van der Waals surface area contributed by atoms with E-state index in [1.807, 2.05) is 26.8 Å². The first-order valence-electron chi connectivity index (χ1n) is 11.1. The molecule has 2 atom stereocenters. The molecule has 2 heterocycles.